The molecule has 8 nitrogen and oxygen atoms in total. The number of anilines is 1. The zero-order valence-electron chi connectivity index (χ0n) is 18.9. The van der Waals surface area contributed by atoms with Gasteiger partial charge in [-0.3, -0.25) is 4.90 Å². The van der Waals surface area contributed by atoms with Crippen molar-refractivity contribution in [1.82, 2.24) is 25.2 Å². The lowest BCUT2D eigenvalue weighted by molar-refractivity contribution is 0.107. The molecule has 2 aromatic heterocycles. The van der Waals surface area contributed by atoms with E-state index >= 15 is 0 Å². The van der Waals surface area contributed by atoms with Gasteiger partial charge in [0.15, 0.2) is 0 Å². The molecule has 4 saturated heterocycles. The molecular weight excluding hydrogens is 416 g/mol. The van der Waals surface area contributed by atoms with Crippen LogP contribution in [0.3, 0.4) is 0 Å². The Kier molecular flexibility index (Phi) is 3.65. The zero-order valence-corrected chi connectivity index (χ0v) is 18.9. The van der Waals surface area contributed by atoms with Crippen LogP contribution in [0, 0.1) is 5.41 Å². The molecule has 33 heavy (non-hydrogen) atoms. The van der Waals surface area contributed by atoms with E-state index in [1.165, 1.54) is 44.2 Å². The van der Waals surface area contributed by atoms with E-state index in [9.17, 15) is 0 Å². The summed E-state index contributed by atoms with van der Waals surface area (Å²) >= 11 is 0. The SMILES string of the molecule is C=C1CN2CC3(CC3)CC2(COc2nc3c4c(nccc4n2)OCC2C4CCC(CN32)N4)C1. The van der Waals surface area contributed by atoms with Crippen molar-refractivity contribution in [2.24, 2.45) is 5.41 Å². The largest absolute Gasteiger partial charge is 0.475 e. The Bertz CT molecular complexity index is 1180. The van der Waals surface area contributed by atoms with Gasteiger partial charge in [-0.1, -0.05) is 12.2 Å². The van der Waals surface area contributed by atoms with E-state index < -0.39 is 0 Å². The van der Waals surface area contributed by atoms with Crippen molar-refractivity contribution < 1.29 is 9.47 Å². The third kappa shape index (κ3) is 2.74. The second-order valence-corrected chi connectivity index (χ2v) is 11.4. The van der Waals surface area contributed by atoms with Crippen LogP contribution in [0.1, 0.15) is 38.5 Å². The molecule has 4 atom stereocenters. The quantitative estimate of drug-likeness (QED) is 0.720. The van der Waals surface area contributed by atoms with Crippen LogP contribution >= 0.6 is 0 Å². The molecular formula is C25H30N6O2. The molecule has 2 aromatic rings. The van der Waals surface area contributed by atoms with Gasteiger partial charge in [-0.15, -0.1) is 0 Å². The van der Waals surface area contributed by atoms with E-state index in [-0.39, 0.29) is 11.6 Å². The van der Waals surface area contributed by atoms with Gasteiger partial charge in [0, 0.05) is 37.9 Å². The first-order chi connectivity index (χ1) is 16.1. The first-order valence-corrected chi connectivity index (χ1v) is 12.5. The number of hydrogen-bond acceptors (Lipinski definition) is 8. The van der Waals surface area contributed by atoms with Crippen molar-refractivity contribution in [3.8, 4) is 11.9 Å². The number of fused-ring (bicyclic) bond motifs is 6. The number of piperazine rings is 1. The van der Waals surface area contributed by atoms with Gasteiger partial charge < -0.3 is 19.7 Å². The van der Waals surface area contributed by atoms with E-state index in [1.54, 1.807) is 6.20 Å². The molecule has 8 heteroatoms. The smallest absolute Gasteiger partial charge is 0.319 e. The van der Waals surface area contributed by atoms with Crippen LogP contribution in [-0.4, -0.2) is 76.4 Å². The third-order valence-electron chi connectivity index (χ3n) is 9.08. The topological polar surface area (TPSA) is 75.6 Å². The van der Waals surface area contributed by atoms with Crippen molar-refractivity contribution in [2.45, 2.75) is 62.2 Å². The van der Waals surface area contributed by atoms with Crippen LogP contribution in [0.15, 0.2) is 24.4 Å². The summed E-state index contributed by atoms with van der Waals surface area (Å²) in [5, 5.41) is 4.68. The van der Waals surface area contributed by atoms with Crippen LogP contribution in [0.4, 0.5) is 5.82 Å². The fourth-order valence-electron chi connectivity index (χ4n) is 7.43. The van der Waals surface area contributed by atoms with Gasteiger partial charge in [-0.25, -0.2) is 4.98 Å². The summed E-state index contributed by atoms with van der Waals surface area (Å²) in [5.74, 6) is 1.57. The highest BCUT2D eigenvalue weighted by atomic mass is 16.5. The molecule has 7 heterocycles. The number of nitrogens with one attached hydrogen (secondary N) is 1. The fourth-order valence-corrected chi connectivity index (χ4v) is 7.43. The van der Waals surface area contributed by atoms with Crippen molar-refractivity contribution >= 4 is 16.7 Å². The first kappa shape index (κ1) is 18.9. The summed E-state index contributed by atoms with van der Waals surface area (Å²) in [6.45, 7) is 8.68. The number of hydrogen-bond donors (Lipinski definition) is 1. The molecule has 0 radical (unpaired) electrons. The van der Waals surface area contributed by atoms with Crippen LogP contribution in [-0.2, 0) is 0 Å². The predicted octanol–water partition coefficient (Wildman–Crippen LogP) is 2.29. The number of rotatable bonds is 3. The van der Waals surface area contributed by atoms with Crippen LogP contribution < -0.4 is 19.7 Å². The summed E-state index contributed by atoms with van der Waals surface area (Å²) in [6.07, 6.45) is 9.13. The molecule has 8 rings (SSSR count). The Labute approximate surface area is 193 Å². The summed E-state index contributed by atoms with van der Waals surface area (Å²) < 4.78 is 12.6. The van der Waals surface area contributed by atoms with Crippen LogP contribution in [0.5, 0.6) is 11.9 Å². The van der Waals surface area contributed by atoms with Gasteiger partial charge in [0.05, 0.1) is 17.1 Å². The maximum Gasteiger partial charge on any atom is 0.319 e. The molecule has 0 amide bonds. The van der Waals surface area contributed by atoms with Crippen LogP contribution in [0.2, 0.25) is 0 Å². The maximum absolute atomic E-state index is 6.46. The average Bonchev–Trinajstić information content (AvgIpc) is 3.26. The van der Waals surface area contributed by atoms with Crippen molar-refractivity contribution in [2.75, 3.05) is 37.7 Å². The highest BCUT2D eigenvalue weighted by Gasteiger charge is 2.61. The number of aromatic nitrogens is 3. The Hall–Kier alpha value is -2.45. The molecule has 172 valence electrons. The van der Waals surface area contributed by atoms with Gasteiger partial charge >= 0.3 is 6.01 Å². The molecule has 0 aromatic carbocycles. The molecule has 1 aliphatic carbocycles. The molecule has 1 N–H and O–H groups in total. The van der Waals surface area contributed by atoms with Gasteiger partial charge in [-0.05, 0) is 50.0 Å². The molecule has 5 fully saturated rings. The molecule has 1 spiro atoms. The first-order valence-electron chi connectivity index (χ1n) is 12.5. The lowest BCUT2D eigenvalue weighted by atomic mass is 9.88. The summed E-state index contributed by atoms with van der Waals surface area (Å²) in [5.41, 5.74) is 2.76. The van der Waals surface area contributed by atoms with Crippen molar-refractivity contribution in [3.63, 3.8) is 0 Å². The number of ether oxygens (including phenoxy) is 2. The second kappa shape index (κ2) is 6.36. The van der Waals surface area contributed by atoms with E-state index in [0.717, 1.165) is 36.2 Å². The summed E-state index contributed by atoms with van der Waals surface area (Å²) in [7, 11) is 0. The normalized spacial score (nSPS) is 35.5. The van der Waals surface area contributed by atoms with E-state index in [1.807, 2.05) is 6.07 Å². The minimum absolute atomic E-state index is 0.0588. The van der Waals surface area contributed by atoms with E-state index in [0.29, 0.717) is 42.6 Å². The Morgan fingerprint density at radius 1 is 1.27 bits per heavy atom. The van der Waals surface area contributed by atoms with Crippen molar-refractivity contribution in [1.29, 1.82) is 0 Å². The van der Waals surface area contributed by atoms with Crippen molar-refractivity contribution in [3.05, 3.63) is 24.4 Å². The Morgan fingerprint density at radius 2 is 2.21 bits per heavy atom. The lowest BCUT2D eigenvalue weighted by Crippen LogP contribution is -2.60. The highest BCUT2D eigenvalue weighted by molar-refractivity contribution is 5.94. The number of nitrogens with zero attached hydrogens (tertiary/aromatic N) is 5. The molecule has 6 aliphatic rings. The van der Waals surface area contributed by atoms with Crippen LogP contribution in [0.25, 0.3) is 10.9 Å². The summed E-state index contributed by atoms with van der Waals surface area (Å²) in [6, 6.07) is 3.61. The average molecular weight is 447 g/mol. The highest BCUT2D eigenvalue weighted by Crippen LogP contribution is 2.61. The molecule has 5 aliphatic heterocycles. The Balaban J connectivity index is 1.16. The predicted molar refractivity (Wildman–Crippen MR) is 124 cm³/mol. The Morgan fingerprint density at radius 3 is 3.12 bits per heavy atom. The van der Waals surface area contributed by atoms with Gasteiger partial charge in [0.2, 0.25) is 5.88 Å². The number of pyridine rings is 1. The minimum Gasteiger partial charge on any atom is -0.475 e. The lowest BCUT2D eigenvalue weighted by Gasteiger charge is -2.40. The van der Waals surface area contributed by atoms with E-state index in [4.69, 9.17) is 19.4 Å². The second-order valence-electron chi connectivity index (χ2n) is 11.4. The standard InChI is InChI=1S/C25H30N6O2/c1-15-8-25(12-24(5-6-24)13-30(25)9-15)14-33-23-28-18-4-7-26-22-20(18)21(29-23)31-10-16-2-3-17(27-16)19(31)11-32-22/h4,7,16-17,19,27H,1-3,5-6,8-14H2. The van der Waals surface area contributed by atoms with E-state index in [2.05, 4.69) is 26.7 Å². The van der Waals surface area contributed by atoms with Gasteiger partial charge in [0.1, 0.15) is 24.4 Å². The molecule has 2 bridgehead atoms. The molecule has 1 saturated carbocycles. The fraction of sp³-hybridized carbons (Fsp3) is 0.640. The summed E-state index contributed by atoms with van der Waals surface area (Å²) in [4.78, 5) is 19.4. The van der Waals surface area contributed by atoms with Gasteiger partial charge in [0.25, 0.3) is 0 Å². The monoisotopic (exact) mass is 446 g/mol. The molecule has 4 unspecified atom stereocenters. The van der Waals surface area contributed by atoms with Gasteiger partial charge in [-0.2, -0.15) is 9.97 Å². The minimum atomic E-state index is 0.0588. The zero-order chi connectivity index (χ0) is 21.8. The maximum atomic E-state index is 6.46. The third-order valence-corrected chi connectivity index (χ3v) is 9.08.